The third kappa shape index (κ3) is 2.56. The second-order valence-electron chi connectivity index (χ2n) is 4.79. The maximum absolute atomic E-state index is 13.0. The summed E-state index contributed by atoms with van der Waals surface area (Å²) >= 11 is 0. The number of nitrogens with zero attached hydrogens (tertiary/aromatic N) is 1. The lowest BCUT2D eigenvalue weighted by atomic mass is 9.97. The average molecular weight is 270 g/mol. The van der Waals surface area contributed by atoms with E-state index in [1.54, 1.807) is 0 Å². The molecule has 4 nitrogen and oxygen atoms in total. The molecule has 8 heteroatoms. The summed E-state index contributed by atoms with van der Waals surface area (Å²) in [6.07, 6.45) is -3.88. The molecule has 1 saturated heterocycles. The minimum Gasteiger partial charge on any atom is -0.340 e. The van der Waals surface area contributed by atoms with Crippen LogP contribution in [0.4, 0.5) is 17.6 Å². The monoisotopic (exact) mass is 270 g/mol. The Morgan fingerprint density at radius 3 is 2.33 bits per heavy atom. The summed E-state index contributed by atoms with van der Waals surface area (Å²) in [6, 6.07) is -1.20. The van der Waals surface area contributed by atoms with Gasteiger partial charge in [-0.25, -0.2) is 8.78 Å². The molecule has 0 spiro atoms. The van der Waals surface area contributed by atoms with Crippen molar-refractivity contribution in [3.8, 4) is 0 Å². The molecule has 2 amide bonds. The third-order valence-electron chi connectivity index (χ3n) is 2.78. The predicted molar refractivity (Wildman–Crippen MR) is 54.3 cm³/mol. The molecule has 0 aromatic carbocycles. The molecular formula is C10H14F4N2O2. The largest absolute Gasteiger partial charge is 0.340 e. The van der Waals surface area contributed by atoms with Crippen LogP contribution in [0, 0.1) is 0 Å². The van der Waals surface area contributed by atoms with Crippen molar-refractivity contribution in [2.45, 2.75) is 44.7 Å². The van der Waals surface area contributed by atoms with Crippen LogP contribution >= 0.6 is 0 Å². The first-order valence-corrected chi connectivity index (χ1v) is 5.28. The lowest BCUT2D eigenvalue weighted by molar-refractivity contribution is -0.172. The zero-order valence-electron chi connectivity index (χ0n) is 10.1. The maximum atomic E-state index is 13.0. The van der Waals surface area contributed by atoms with Crippen LogP contribution in [0.2, 0.25) is 0 Å². The fourth-order valence-electron chi connectivity index (χ4n) is 1.65. The molecule has 1 aliphatic heterocycles. The van der Waals surface area contributed by atoms with Crippen LogP contribution in [-0.2, 0) is 9.59 Å². The standard InChI is InChI=1S/C10H14F4N2O2/c1-5-6(17)15-9(2,3)8(18)16(5)4-10(13,14)7(11)12/h5,7H,4H2,1-3H3,(H,15,17). The van der Waals surface area contributed by atoms with Crippen LogP contribution < -0.4 is 5.32 Å². The van der Waals surface area contributed by atoms with Crippen molar-refractivity contribution >= 4 is 11.8 Å². The highest BCUT2D eigenvalue weighted by Gasteiger charge is 2.50. The van der Waals surface area contributed by atoms with Crippen LogP contribution in [0.5, 0.6) is 0 Å². The van der Waals surface area contributed by atoms with E-state index < -0.39 is 42.3 Å². The Bertz CT molecular complexity index is 371. The molecule has 1 aliphatic rings. The third-order valence-corrected chi connectivity index (χ3v) is 2.78. The van der Waals surface area contributed by atoms with Gasteiger partial charge in [0.1, 0.15) is 11.6 Å². The molecule has 0 saturated carbocycles. The van der Waals surface area contributed by atoms with Gasteiger partial charge in [0, 0.05) is 0 Å². The summed E-state index contributed by atoms with van der Waals surface area (Å²) in [5.74, 6) is -5.79. The number of halogens is 4. The van der Waals surface area contributed by atoms with Gasteiger partial charge in [-0.2, -0.15) is 8.78 Å². The lowest BCUT2D eigenvalue weighted by Crippen LogP contribution is -2.68. The molecule has 1 fully saturated rings. The van der Waals surface area contributed by atoms with Gasteiger partial charge >= 0.3 is 12.3 Å². The Hall–Kier alpha value is -1.34. The van der Waals surface area contributed by atoms with Gasteiger partial charge in [0.2, 0.25) is 11.8 Å². The normalized spacial score (nSPS) is 24.4. The number of alkyl halides is 4. The Kier molecular flexibility index (Phi) is 3.60. The first-order chi connectivity index (χ1) is 7.99. The number of amides is 2. The zero-order chi connectivity index (χ0) is 14.3. The van der Waals surface area contributed by atoms with Crippen molar-refractivity contribution in [3.05, 3.63) is 0 Å². The molecule has 0 radical (unpaired) electrons. The van der Waals surface area contributed by atoms with Gasteiger partial charge in [-0.15, -0.1) is 0 Å². The van der Waals surface area contributed by atoms with Crippen LogP contribution in [0.15, 0.2) is 0 Å². The van der Waals surface area contributed by atoms with Crippen LogP contribution in [0.1, 0.15) is 20.8 Å². The summed E-state index contributed by atoms with van der Waals surface area (Å²) < 4.78 is 50.2. The molecular weight excluding hydrogens is 256 g/mol. The number of nitrogens with one attached hydrogen (secondary N) is 1. The lowest BCUT2D eigenvalue weighted by Gasteiger charge is -2.42. The maximum Gasteiger partial charge on any atom is 0.324 e. The van der Waals surface area contributed by atoms with E-state index in [0.717, 1.165) is 0 Å². The average Bonchev–Trinajstić information content (AvgIpc) is 2.21. The Balaban J connectivity index is 2.98. The first kappa shape index (κ1) is 14.7. The zero-order valence-corrected chi connectivity index (χ0v) is 10.1. The van der Waals surface area contributed by atoms with Gasteiger partial charge in [-0.1, -0.05) is 0 Å². The SMILES string of the molecule is CC1C(=O)NC(C)(C)C(=O)N1CC(F)(F)C(F)F. The van der Waals surface area contributed by atoms with Gasteiger partial charge in [0.05, 0.1) is 6.54 Å². The van der Waals surface area contributed by atoms with Crippen LogP contribution in [0.25, 0.3) is 0 Å². The highest BCUT2D eigenvalue weighted by Crippen LogP contribution is 2.27. The molecule has 1 unspecified atom stereocenters. The number of rotatable bonds is 3. The summed E-state index contributed by atoms with van der Waals surface area (Å²) in [7, 11) is 0. The second-order valence-corrected chi connectivity index (χ2v) is 4.79. The quantitative estimate of drug-likeness (QED) is 0.778. The van der Waals surface area contributed by atoms with Crippen LogP contribution in [0.3, 0.4) is 0 Å². The smallest absolute Gasteiger partial charge is 0.324 e. The van der Waals surface area contributed by atoms with E-state index in [1.165, 1.54) is 20.8 Å². The highest BCUT2D eigenvalue weighted by molar-refractivity contribution is 5.99. The van der Waals surface area contributed by atoms with Crippen molar-refractivity contribution in [2.24, 2.45) is 0 Å². The molecule has 0 aliphatic carbocycles. The van der Waals surface area contributed by atoms with Gasteiger partial charge in [0.15, 0.2) is 0 Å². The van der Waals surface area contributed by atoms with E-state index in [2.05, 4.69) is 5.32 Å². The van der Waals surface area contributed by atoms with Crippen LogP contribution in [-0.4, -0.2) is 47.2 Å². The molecule has 0 bridgehead atoms. The van der Waals surface area contributed by atoms with Gasteiger partial charge in [0.25, 0.3) is 0 Å². The fourth-order valence-corrected chi connectivity index (χ4v) is 1.65. The molecule has 18 heavy (non-hydrogen) atoms. The summed E-state index contributed by atoms with van der Waals surface area (Å²) in [4.78, 5) is 23.8. The van der Waals surface area contributed by atoms with Gasteiger partial charge in [-0.05, 0) is 20.8 Å². The molecule has 1 atom stereocenters. The molecule has 1 heterocycles. The van der Waals surface area contributed by atoms with Crippen molar-refractivity contribution in [1.29, 1.82) is 0 Å². The first-order valence-electron chi connectivity index (χ1n) is 5.28. The molecule has 0 aromatic rings. The number of piperazine rings is 1. The number of carbonyl (C=O) groups excluding carboxylic acids is 2. The summed E-state index contributed by atoms with van der Waals surface area (Å²) in [6.45, 7) is 2.39. The van der Waals surface area contributed by atoms with Crippen molar-refractivity contribution in [3.63, 3.8) is 0 Å². The second kappa shape index (κ2) is 4.40. The molecule has 1 rings (SSSR count). The van der Waals surface area contributed by atoms with E-state index in [1.807, 2.05) is 0 Å². The van der Waals surface area contributed by atoms with Crippen molar-refractivity contribution in [2.75, 3.05) is 6.54 Å². The van der Waals surface area contributed by atoms with E-state index in [9.17, 15) is 27.2 Å². The summed E-state index contributed by atoms with van der Waals surface area (Å²) in [5, 5.41) is 2.34. The van der Waals surface area contributed by atoms with E-state index >= 15 is 0 Å². The minimum absolute atomic E-state index is 0.491. The van der Waals surface area contributed by atoms with E-state index in [-0.39, 0.29) is 0 Å². The van der Waals surface area contributed by atoms with Gasteiger partial charge in [-0.3, -0.25) is 9.59 Å². The van der Waals surface area contributed by atoms with E-state index in [0.29, 0.717) is 4.90 Å². The molecule has 104 valence electrons. The fraction of sp³-hybridized carbons (Fsp3) is 0.800. The minimum atomic E-state index is -4.34. The Morgan fingerprint density at radius 2 is 1.89 bits per heavy atom. The molecule has 1 N–H and O–H groups in total. The Labute approximate surface area is 101 Å². The Morgan fingerprint density at radius 1 is 1.39 bits per heavy atom. The van der Waals surface area contributed by atoms with Gasteiger partial charge < -0.3 is 10.2 Å². The predicted octanol–water partition coefficient (Wildman–Crippen LogP) is 1.01. The number of carbonyl (C=O) groups is 2. The highest BCUT2D eigenvalue weighted by atomic mass is 19.3. The summed E-state index contributed by atoms with van der Waals surface area (Å²) in [5.41, 5.74) is -1.37. The van der Waals surface area contributed by atoms with Crippen molar-refractivity contribution < 1.29 is 27.2 Å². The number of hydrogen-bond donors (Lipinski definition) is 1. The topological polar surface area (TPSA) is 49.4 Å². The molecule has 0 aromatic heterocycles. The van der Waals surface area contributed by atoms with E-state index in [4.69, 9.17) is 0 Å². The van der Waals surface area contributed by atoms with Crippen molar-refractivity contribution in [1.82, 2.24) is 10.2 Å². The number of hydrogen-bond acceptors (Lipinski definition) is 2.